The fourth-order valence-corrected chi connectivity index (χ4v) is 1.40. The van der Waals surface area contributed by atoms with E-state index >= 15 is 0 Å². The highest BCUT2D eigenvalue weighted by atomic mass is 19.1. The lowest BCUT2D eigenvalue weighted by atomic mass is 9.96. The van der Waals surface area contributed by atoms with Crippen molar-refractivity contribution in [2.45, 2.75) is 13.8 Å². The van der Waals surface area contributed by atoms with Crippen molar-refractivity contribution >= 4 is 11.7 Å². The van der Waals surface area contributed by atoms with Gasteiger partial charge in [-0.05, 0) is 30.2 Å². The molecule has 88 valence electrons. The van der Waals surface area contributed by atoms with Crippen LogP contribution in [0.2, 0.25) is 0 Å². The number of aliphatic carboxylic acids is 1. The molecule has 0 saturated carbocycles. The average Bonchev–Trinajstić information content (AvgIpc) is 2.20. The molecule has 0 spiro atoms. The summed E-state index contributed by atoms with van der Waals surface area (Å²) in [7, 11) is 0. The van der Waals surface area contributed by atoms with Gasteiger partial charge in [-0.2, -0.15) is 0 Å². The number of nitrogens with one attached hydrogen (secondary N) is 1. The van der Waals surface area contributed by atoms with E-state index < -0.39 is 11.9 Å². The van der Waals surface area contributed by atoms with Crippen LogP contribution in [-0.4, -0.2) is 17.6 Å². The summed E-state index contributed by atoms with van der Waals surface area (Å²) in [6, 6.07) is 5.87. The van der Waals surface area contributed by atoms with Crippen LogP contribution in [0.5, 0.6) is 0 Å². The maximum Gasteiger partial charge on any atom is 0.308 e. The molecular weight excluding hydrogens is 209 g/mol. The summed E-state index contributed by atoms with van der Waals surface area (Å²) in [5, 5.41) is 12.0. The number of carbonyl (C=O) groups is 1. The van der Waals surface area contributed by atoms with Gasteiger partial charge in [0.05, 0.1) is 5.92 Å². The Morgan fingerprint density at radius 2 is 1.94 bits per heavy atom. The molecule has 16 heavy (non-hydrogen) atoms. The third-order valence-corrected chi connectivity index (χ3v) is 2.49. The smallest absolute Gasteiger partial charge is 0.308 e. The Balaban J connectivity index is 2.55. The number of carboxylic acid groups (broad SMARTS) is 1. The first kappa shape index (κ1) is 12.5. The number of rotatable bonds is 5. The molecule has 1 aromatic rings. The minimum Gasteiger partial charge on any atom is -0.481 e. The topological polar surface area (TPSA) is 49.3 Å². The second kappa shape index (κ2) is 5.49. The molecule has 1 unspecified atom stereocenters. The Morgan fingerprint density at radius 3 is 2.38 bits per heavy atom. The Labute approximate surface area is 94.3 Å². The van der Waals surface area contributed by atoms with E-state index in [4.69, 9.17) is 5.11 Å². The van der Waals surface area contributed by atoms with Crippen LogP contribution in [0.15, 0.2) is 24.3 Å². The number of benzene rings is 1. The van der Waals surface area contributed by atoms with Gasteiger partial charge in [0.1, 0.15) is 5.82 Å². The molecule has 4 heteroatoms. The van der Waals surface area contributed by atoms with Crippen molar-refractivity contribution in [1.82, 2.24) is 0 Å². The number of anilines is 1. The first-order valence-corrected chi connectivity index (χ1v) is 5.23. The summed E-state index contributed by atoms with van der Waals surface area (Å²) < 4.78 is 12.6. The third-order valence-electron chi connectivity index (χ3n) is 2.49. The standard InChI is InChI=1S/C12H16FNO2/c1-8(2)11(12(15)16)7-14-10-5-3-9(13)4-6-10/h3-6,8,11,14H,7H2,1-2H3,(H,15,16). The second-order valence-electron chi connectivity index (χ2n) is 4.08. The molecule has 0 fully saturated rings. The fraction of sp³-hybridized carbons (Fsp3) is 0.417. The quantitative estimate of drug-likeness (QED) is 0.809. The van der Waals surface area contributed by atoms with Gasteiger partial charge in [-0.1, -0.05) is 13.8 Å². The highest BCUT2D eigenvalue weighted by Crippen LogP contribution is 2.14. The SMILES string of the molecule is CC(C)C(CNc1ccc(F)cc1)C(=O)O. The minimum absolute atomic E-state index is 0.0606. The predicted molar refractivity (Wildman–Crippen MR) is 60.9 cm³/mol. The van der Waals surface area contributed by atoms with Gasteiger partial charge >= 0.3 is 5.97 Å². The summed E-state index contributed by atoms with van der Waals surface area (Å²) in [6.07, 6.45) is 0. The van der Waals surface area contributed by atoms with Crippen LogP contribution in [-0.2, 0) is 4.79 Å². The molecule has 0 bridgehead atoms. The molecule has 1 aromatic carbocycles. The largest absolute Gasteiger partial charge is 0.481 e. The zero-order valence-corrected chi connectivity index (χ0v) is 9.40. The van der Waals surface area contributed by atoms with Gasteiger partial charge in [0.2, 0.25) is 0 Å². The van der Waals surface area contributed by atoms with Crippen LogP contribution < -0.4 is 5.32 Å². The first-order valence-electron chi connectivity index (χ1n) is 5.23. The van der Waals surface area contributed by atoms with Crippen LogP contribution >= 0.6 is 0 Å². The molecule has 0 aromatic heterocycles. The van der Waals surface area contributed by atoms with Gasteiger partial charge in [-0.15, -0.1) is 0 Å². The number of halogens is 1. The molecule has 0 aliphatic rings. The lowest BCUT2D eigenvalue weighted by Crippen LogP contribution is -2.27. The van der Waals surface area contributed by atoms with Crippen LogP contribution in [0.1, 0.15) is 13.8 Å². The van der Waals surface area contributed by atoms with E-state index in [0.29, 0.717) is 6.54 Å². The van der Waals surface area contributed by atoms with Crippen molar-refractivity contribution in [3.63, 3.8) is 0 Å². The molecule has 0 aliphatic carbocycles. The molecular formula is C12H16FNO2. The van der Waals surface area contributed by atoms with Crippen molar-refractivity contribution in [1.29, 1.82) is 0 Å². The van der Waals surface area contributed by atoms with E-state index in [9.17, 15) is 9.18 Å². The van der Waals surface area contributed by atoms with Gasteiger partial charge in [-0.25, -0.2) is 4.39 Å². The first-order chi connectivity index (χ1) is 7.50. The van der Waals surface area contributed by atoms with Crippen molar-refractivity contribution in [2.24, 2.45) is 11.8 Å². The van der Waals surface area contributed by atoms with Crippen molar-refractivity contribution in [3.8, 4) is 0 Å². The normalized spacial score (nSPS) is 12.5. The third kappa shape index (κ3) is 3.53. The lowest BCUT2D eigenvalue weighted by molar-refractivity contribution is -0.142. The van der Waals surface area contributed by atoms with E-state index in [2.05, 4.69) is 5.32 Å². The molecule has 0 radical (unpaired) electrons. The van der Waals surface area contributed by atoms with Crippen LogP contribution in [0, 0.1) is 17.7 Å². The second-order valence-corrected chi connectivity index (χ2v) is 4.08. The van der Waals surface area contributed by atoms with Crippen LogP contribution in [0.25, 0.3) is 0 Å². The Kier molecular flexibility index (Phi) is 4.28. The predicted octanol–water partition coefficient (Wildman–Crippen LogP) is 2.59. The molecule has 1 atom stereocenters. The molecule has 0 saturated heterocycles. The highest BCUT2D eigenvalue weighted by molar-refractivity contribution is 5.71. The maximum atomic E-state index is 12.6. The van der Waals surface area contributed by atoms with E-state index in [-0.39, 0.29) is 11.7 Å². The molecule has 0 amide bonds. The lowest BCUT2D eigenvalue weighted by Gasteiger charge is -2.17. The molecule has 1 rings (SSSR count). The monoisotopic (exact) mass is 225 g/mol. The van der Waals surface area contributed by atoms with Gasteiger partial charge < -0.3 is 10.4 Å². The van der Waals surface area contributed by atoms with E-state index in [1.165, 1.54) is 12.1 Å². The van der Waals surface area contributed by atoms with E-state index in [1.807, 2.05) is 13.8 Å². The fourth-order valence-electron chi connectivity index (χ4n) is 1.40. The van der Waals surface area contributed by atoms with Crippen LogP contribution in [0.3, 0.4) is 0 Å². The Hall–Kier alpha value is -1.58. The Morgan fingerprint density at radius 1 is 1.38 bits per heavy atom. The van der Waals surface area contributed by atoms with Gasteiger partial charge in [0, 0.05) is 12.2 Å². The van der Waals surface area contributed by atoms with Gasteiger partial charge in [0.15, 0.2) is 0 Å². The zero-order valence-electron chi connectivity index (χ0n) is 9.40. The van der Waals surface area contributed by atoms with Crippen molar-refractivity contribution < 1.29 is 14.3 Å². The van der Waals surface area contributed by atoms with Gasteiger partial charge in [-0.3, -0.25) is 4.79 Å². The summed E-state index contributed by atoms with van der Waals surface area (Å²) >= 11 is 0. The molecule has 0 aliphatic heterocycles. The van der Waals surface area contributed by atoms with E-state index in [1.54, 1.807) is 12.1 Å². The van der Waals surface area contributed by atoms with Crippen molar-refractivity contribution in [2.75, 3.05) is 11.9 Å². The molecule has 2 N–H and O–H groups in total. The summed E-state index contributed by atoms with van der Waals surface area (Å²) in [5.74, 6) is -1.50. The minimum atomic E-state index is -0.815. The average molecular weight is 225 g/mol. The number of hydrogen-bond acceptors (Lipinski definition) is 2. The summed E-state index contributed by atoms with van der Waals surface area (Å²) in [5.41, 5.74) is 0.730. The van der Waals surface area contributed by atoms with Gasteiger partial charge in [0.25, 0.3) is 0 Å². The van der Waals surface area contributed by atoms with E-state index in [0.717, 1.165) is 5.69 Å². The molecule has 0 heterocycles. The zero-order chi connectivity index (χ0) is 12.1. The Bertz CT molecular complexity index is 349. The highest BCUT2D eigenvalue weighted by Gasteiger charge is 2.20. The number of carboxylic acids is 1. The molecule has 3 nitrogen and oxygen atoms in total. The number of hydrogen-bond donors (Lipinski definition) is 2. The maximum absolute atomic E-state index is 12.6. The van der Waals surface area contributed by atoms with Crippen molar-refractivity contribution in [3.05, 3.63) is 30.1 Å². The summed E-state index contributed by atoms with van der Waals surface area (Å²) in [6.45, 7) is 4.08. The van der Waals surface area contributed by atoms with Crippen LogP contribution in [0.4, 0.5) is 10.1 Å². The summed E-state index contributed by atoms with van der Waals surface area (Å²) in [4.78, 5) is 10.9.